The summed E-state index contributed by atoms with van der Waals surface area (Å²) in [5.41, 5.74) is 3.35. The van der Waals surface area contributed by atoms with Crippen LogP contribution >= 0.6 is 11.3 Å². The van der Waals surface area contributed by atoms with Gasteiger partial charge in [0, 0.05) is 10.4 Å². The third-order valence-electron chi connectivity index (χ3n) is 4.16. The molecule has 1 aliphatic carbocycles. The average Bonchev–Trinajstić information content (AvgIpc) is 3.14. The first-order valence-corrected chi connectivity index (χ1v) is 8.58. The molecule has 1 amide bonds. The molecule has 1 N–H and O–H groups in total. The zero-order valence-corrected chi connectivity index (χ0v) is 14.1. The summed E-state index contributed by atoms with van der Waals surface area (Å²) in [6.45, 7) is 2.07. The highest BCUT2D eigenvalue weighted by atomic mass is 32.1. The first-order valence-electron chi connectivity index (χ1n) is 7.77. The minimum Gasteiger partial charge on any atom is -0.465 e. The number of hydrogen-bond acceptors (Lipinski definition) is 4. The average molecular weight is 329 g/mol. The molecule has 5 heteroatoms. The fourth-order valence-corrected chi connectivity index (χ4v) is 4.15. The topological polar surface area (TPSA) is 55.4 Å². The number of amides is 1. The van der Waals surface area contributed by atoms with E-state index in [-0.39, 0.29) is 11.9 Å². The third-order valence-corrected chi connectivity index (χ3v) is 5.37. The van der Waals surface area contributed by atoms with Gasteiger partial charge < -0.3 is 10.1 Å². The molecule has 2 aromatic rings. The Morgan fingerprint density at radius 2 is 1.96 bits per heavy atom. The fourth-order valence-electron chi connectivity index (χ4n) is 2.88. The van der Waals surface area contributed by atoms with Gasteiger partial charge in [-0.1, -0.05) is 19.1 Å². The van der Waals surface area contributed by atoms with Gasteiger partial charge in [-0.2, -0.15) is 0 Å². The number of ether oxygens (including phenoxy) is 1. The molecular weight excluding hydrogens is 310 g/mol. The minimum atomic E-state index is -0.374. The van der Waals surface area contributed by atoms with Gasteiger partial charge in [0.2, 0.25) is 0 Å². The summed E-state index contributed by atoms with van der Waals surface area (Å²) in [6.07, 6.45) is 3.83. The van der Waals surface area contributed by atoms with Gasteiger partial charge in [-0.3, -0.25) is 4.79 Å². The van der Waals surface area contributed by atoms with E-state index in [0.29, 0.717) is 16.1 Å². The van der Waals surface area contributed by atoms with Crippen LogP contribution in [0.5, 0.6) is 0 Å². The largest absolute Gasteiger partial charge is 0.465 e. The van der Waals surface area contributed by atoms with Gasteiger partial charge in [0.25, 0.3) is 5.91 Å². The van der Waals surface area contributed by atoms with Gasteiger partial charge in [0.05, 0.1) is 12.7 Å². The van der Waals surface area contributed by atoms with Crippen molar-refractivity contribution >= 4 is 28.2 Å². The second-order valence-corrected chi connectivity index (χ2v) is 6.66. The predicted octanol–water partition coefficient (Wildman–Crippen LogP) is 3.84. The van der Waals surface area contributed by atoms with Crippen LogP contribution in [0, 0.1) is 0 Å². The molecule has 0 spiro atoms. The zero-order chi connectivity index (χ0) is 16.4. The Morgan fingerprint density at radius 1 is 1.22 bits per heavy atom. The van der Waals surface area contributed by atoms with Crippen LogP contribution in [-0.2, 0) is 24.0 Å². The molecular formula is C18H19NO3S. The van der Waals surface area contributed by atoms with Crippen LogP contribution in [0.2, 0.25) is 0 Å². The molecule has 0 saturated heterocycles. The Labute approximate surface area is 139 Å². The summed E-state index contributed by atoms with van der Waals surface area (Å²) in [7, 11) is 1.37. The number of anilines is 1. The molecule has 0 bridgehead atoms. The van der Waals surface area contributed by atoms with E-state index in [4.69, 9.17) is 4.74 Å². The van der Waals surface area contributed by atoms with Crippen LogP contribution < -0.4 is 5.32 Å². The lowest BCUT2D eigenvalue weighted by Crippen LogP contribution is -2.14. The van der Waals surface area contributed by atoms with Crippen LogP contribution in [0.3, 0.4) is 0 Å². The molecule has 1 heterocycles. The molecule has 1 aromatic carbocycles. The van der Waals surface area contributed by atoms with Crippen molar-refractivity contribution in [2.24, 2.45) is 0 Å². The van der Waals surface area contributed by atoms with Crippen LogP contribution in [-0.4, -0.2) is 19.0 Å². The zero-order valence-electron chi connectivity index (χ0n) is 13.3. The maximum Gasteiger partial charge on any atom is 0.341 e. The van der Waals surface area contributed by atoms with Crippen LogP contribution in [0.1, 0.15) is 50.1 Å². The second kappa shape index (κ2) is 6.54. The molecule has 23 heavy (non-hydrogen) atoms. The van der Waals surface area contributed by atoms with Gasteiger partial charge in [-0.05, 0) is 48.9 Å². The van der Waals surface area contributed by atoms with Gasteiger partial charge in [0.1, 0.15) is 5.00 Å². The van der Waals surface area contributed by atoms with Crippen molar-refractivity contribution in [2.45, 2.75) is 32.6 Å². The highest BCUT2D eigenvalue weighted by molar-refractivity contribution is 7.17. The molecule has 1 aliphatic rings. The molecule has 1 aromatic heterocycles. The van der Waals surface area contributed by atoms with Gasteiger partial charge >= 0.3 is 5.97 Å². The Balaban J connectivity index is 1.87. The van der Waals surface area contributed by atoms with Crippen molar-refractivity contribution in [3.05, 3.63) is 51.4 Å². The third kappa shape index (κ3) is 3.01. The summed E-state index contributed by atoms with van der Waals surface area (Å²) in [6, 6.07) is 7.52. The molecule has 3 rings (SSSR count). The van der Waals surface area contributed by atoms with E-state index < -0.39 is 0 Å². The van der Waals surface area contributed by atoms with Crippen molar-refractivity contribution in [1.82, 2.24) is 0 Å². The lowest BCUT2D eigenvalue weighted by Gasteiger charge is -2.07. The highest BCUT2D eigenvalue weighted by Gasteiger charge is 2.28. The first-order chi connectivity index (χ1) is 11.1. The number of hydrogen-bond donors (Lipinski definition) is 1. The predicted molar refractivity (Wildman–Crippen MR) is 91.5 cm³/mol. The Hall–Kier alpha value is -2.14. The number of carbonyl (C=O) groups excluding carboxylic acids is 2. The quantitative estimate of drug-likeness (QED) is 0.867. The Kier molecular flexibility index (Phi) is 4.48. The maximum atomic E-state index is 12.4. The van der Waals surface area contributed by atoms with Crippen molar-refractivity contribution in [2.75, 3.05) is 12.4 Å². The van der Waals surface area contributed by atoms with Crippen molar-refractivity contribution in [3.63, 3.8) is 0 Å². The van der Waals surface area contributed by atoms with E-state index in [1.54, 1.807) is 0 Å². The summed E-state index contributed by atoms with van der Waals surface area (Å²) in [5.74, 6) is -0.571. The molecule has 0 radical (unpaired) electrons. The molecule has 4 nitrogen and oxygen atoms in total. The number of methoxy groups -OCH3 is 1. The van der Waals surface area contributed by atoms with Gasteiger partial charge in [-0.25, -0.2) is 4.79 Å². The molecule has 0 unspecified atom stereocenters. The number of aryl methyl sites for hydroxylation is 2. The molecule has 0 saturated carbocycles. The lowest BCUT2D eigenvalue weighted by molar-refractivity contribution is 0.0601. The van der Waals surface area contributed by atoms with E-state index in [2.05, 4.69) is 12.2 Å². The van der Waals surface area contributed by atoms with E-state index in [9.17, 15) is 9.59 Å². The van der Waals surface area contributed by atoms with Crippen molar-refractivity contribution < 1.29 is 14.3 Å². The van der Waals surface area contributed by atoms with E-state index in [0.717, 1.165) is 31.2 Å². The highest BCUT2D eigenvalue weighted by Crippen LogP contribution is 2.39. The normalized spacial score (nSPS) is 12.8. The number of rotatable bonds is 4. The smallest absolute Gasteiger partial charge is 0.341 e. The number of thiophene rings is 1. The fraction of sp³-hybridized carbons (Fsp3) is 0.333. The minimum absolute atomic E-state index is 0.197. The molecule has 120 valence electrons. The molecule has 0 fully saturated rings. The van der Waals surface area contributed by atoms with E-state index in [1.807, 2.05) is 24.3 Å². The van der Waals surface area contributed by atoms with Crippen LogP contribution in [0.4, 0.5) is 5.00 Å². The first kappa shape index (κ1) is 15.7. The standard InChI is InChI=1S/C18H19NO3S/c1-3-11-7-9-12(10-8-11)16(20)19-17-15(18(21)22-2)13-5-4-6-14(13)23-17/h7-10H,3-6H2,1-2H3,(H,19,20). The van der Waals surface area contributed by atoms with Crippen LogP contribution in [0.15, 0.2) is 24.3 Å². The number of carbonyl (C=O) groups is 2. The Bertz CT molecular complexity index is 746. The van der Waals surface area contributed by atoms with E-state index >= 15 is 0 Å². The number of nitrogens with one attached hydrogen (secondary N) is 1. The monoisotopic (exact) mass is 329 g/mol. The number of fused-ring (bicyclic) bond motifs is 1. The van der Waals surface area contributed by atoms with Crippen LogP contribution in [0.25, 0.3) is 0 Å². The summed E-state index contributed by atoms with van der Waals surface area (Å²) in [4.78, 5) is 25.7. The van der Waals surface area contributed by atoms with E-state index in [1.165, 1.54) is 28.9 Å². The summed E-state index contributed by atoms with van der Waals surface area (Å²) in [5, 5.41) is 3.49. The second-order valence-electron chi connectivity index (χ2n) is 5.56. The number of benzene rings is 1. The summed E-state index contributed by atoms with van der Waals surface area (Å²) >= 11 is 1.49. The number of esters is 1. The maximum absolute atomic E-state index is 12.4. The van der Waals surface area contributed by atoms with Crippen molar-refractivity contribution in [1.29, 1.82) is 0 Å². The molecule has 0 atom stereocenters. The van der Waals surface area contributed by atoms with Gasteiger partial charge in [-0.15, -0.1) is 11.3 Å². The summed E-state index contributed by atoms with van der Waals surface area (Å²) < 4.78 is 4.89. The van der Waals surface area contributed by atoms with Crippen molar-refractivity contribution in [3.8, 4) is 0 Å². The van der Waals surface area contributed by atoms with Gasteiger partial charge in [0.15, 0.2) is 0 Å². The SMILES string of the molecule is CCc1ccc(C(=O)Nc2sc3c(c2C(=O)OC)CCC3)cc1. The molecule has 0 aliphatic heterocycles. The lowest BCUT2D eigenvalue weighted by atomic mass is 10.1. The Morgan fingerprint density at radius 3 is 2.61 bits per heavy atom.